The van der Waals surface area contributed by atoms with Crippen LogP contribution >= 0.6 is 0 Å². The lowest BCUT2D eigenvalue weighted by Gasteiger charge is -2.27. The number of fused-ring (bicyclic) bond motifs is 2. The first-order valence-electron chi connectivity index (χ1n) is 5.61. The van der Waals surface area contributed by atoms with E-state index in [0.717, 1.165) is 18.3 Å². The van der Waals surface area contributed by atoms with E-state index in [-0.39, 0.29) is 5.69 Å². The van der Waals surface area contributed by atoms with Crippen molar-refractivity contribution >= 4 is 11.5 Å². The van der Waals surface area contributed by atoms with E-state index in [2.05, 4.69) is 9.88 Å². The van der Waals surface area contributed by atoms with Crippen LogP contribution in [0.5, 0.6) is 0 Å². The summed E-state index contributed by atoms with van der Waals surface area (Å²) in [6.07, 6.45) is 5.18. The highest BCUT2D eigenvalue weighted by Crippen LogP contribution is 2.39. The smallest absolute Gasteiger partial charge is 0.287 e. The van der Waals surface area contributed by atoms with Crippen molar-refractivity contribution in [2.75, 3.05) is 11.4 Å². The molecule has 2 fully saturated rings. The summed E-state index contributed by atoms with van der Waals surface area (Å²) >= 11 is 0. The zero-order chi connectivity index (χ0) is 11.1. The number of rotatable bonds is 2. The first-order chi connectivity index (χ1) is 7.74. The Kier molecular flexibility index (Phi) is 2.05. The average Bonchev–Trinajstić information content (AvgIpc) is 2.91. The van der Waals surface area contributed by atoms with Gasteiger partial charge in [-0.05, 0) is 31.2 Å². The summed E-state index contributed by atoms with van der Waals surface area (Å²) in [5.74, 6) is 1.69. The van der Waals surface area contributed by atoms with E-state index in [9.17, 15) is 10.1 Å². The summed E-state index contributed by atoms with van der Waals surface area (Å²) in [4.78, 5) is 16.6. The number of anilines is 1. The molecule has 0 aromatic carbocycles. The molecule has 2 atom stereocenters. The maximum absolute atomic E-state index is 10.5. The third kappa shape index (κ3) is 1.43. The van der Waals surface area contributed by atoms with Gasteiger partial charge in [0.2, 0.25) is 0 Å². The Morgan fingerprint density at radius 3 is 2.81 bits per heavy atom. The van der Waals surface area contributed by atoms with Crippen molar-refractivity contribution in [3.63, 3.8) is 0 Å². The first kappa shape index (κ1) is 9.57. The summed E-state index contributed by atoms with van der Waals surface area (Å²) in [6, 6.07) is 3.91. The van der Waals surface area contributed by atoms with Gasteiger partial charge in [-0.1, -0.05) is 0 Å². The van der Waals surface area contributed by atoms with Crippen LogP contribution in [0.4, 0.5) is 11.5 Å². The van der Waals surface area contributed by atoms with Crippen LogP contribution in [0.3, 0.4) is 0 Å². The van der Waals surface area contributed by atoms with Crippen molar-refractivity contribution in [3.05, 3.63) is 28.4 Å². The Hall–Kier alpha value is -1.65. The van der Waals surface area contributed by atoms with Gasteiger partial charge >= 0.3 is 0 Å². The molecule has 1 aliphatic heterocycles. The second kappa shape index (κ2) is 3.43. The van der Waals surface area contributed by atoms with Crippen molar-refractivity contribution in [1.29, 1.82) is 0 Å². The van der Waals surface area contributed by atoms with Gasteiger partial charge in [-0.2, -0.15) is 0 Å². The van der Waals surface area contributed by atoms with Gasteiger partial charge in [-0.15, -0.1) is 0 Å². The highest BCUT2D eigenvalue weighted by molar-refractivity contribution is 5.45. The predicted octanol–water partition coefficient (Wildman–Crippen LogP) is 1.98. The Morgan fingerprint density at radius 2 is 2.31 bits per heavy atom. The van der Waals surface area contributed by atoms with E-state index < -0.39 is 4.92 Å². The Balaban J connectivity index is 1.82. The van der Waals surface area contributed by atoms with Gasteiger partial charge in [0.05, 0.1) is 4.92 Å². The quantitative estimate of drug-likeness (QED) is 0.563. The highest BCUT2D eigenvalue weighted by Gasteiger charge is 2.38. The number of piperidine rings is 1. The molecule has 16 heavy (non-hydrogen) atoms. The molecule has 1 aromatic rings. The lowest BCUT2D eigenvalue weighted by Crippen LogP contribution is -2.32. The lowest BCUT2D eigenvalue weighted by molar-refractivity contribution is -0.385. The third-order valence-corrected chi connectivity index (χ3v) is 3.65. The minimum atomic E-state index is -0.410. The fourth-order valence-corrected chi connectivity index (χ4v) is 2.86. The summed E-state index contributed by atoms with van der Waals surface area (Å²) in [6.45, 7) is 1.06. The molecule has 3 rings (SSSR count). The van der Waals surface area contributed by atoms with Crippen LogP contribution in [0.1, 0.15) is 19.3 Å². The van der Waals surface area contributed by atoms with E-state index in [4.69, 9.17) is 0 Å². The maximum Gasteiger partial charge on any atom is 0.287 e. The summed E-state index contributed by atoms with van der Waals surface area (Å²) in [5, 5.41) is 10.5. The molecule has 5 heteroatoms. The second-order valence-electron chi connectivity index (χ2n) is 4.62. The Labute approximate surface area is 93.2 Å². The highest BCUT2D eigenvalue weighted by atomic mass is 16.6. The minimum Gasteiger partial charge on any atom is -0.353 e. The average molecular weight is 219 g/mol. The molecular weight excluding hydrogens is 206 g/mol. The molecule has 2 bridgehead atoms. The topological polar surface area (TPSA) is 59.3 Å². The van der Waals surface area contributed by atoms with E-state index >= 15 is 0 Å². The van der Waals surface area contributed by atoms with Gasteiger partial charge in [0.25, 0.3) is 5.69 Å². The number of nitrogens with zero attached hydrogens (tertiary/aromatic N) is 3. The molecule has 1 aliphatic carbocycles. The Bertz CT molecular complexity index is 418. The molecule has 1 aromatic heterocycles. The molecule has 2 aliphatic rings. The number of aromatic nitrogens is 1. The van der Waals surface area contributed by atoms with Gasteiger partial charge in [0, 0.05) is 18.7 Å². The van der Waals surface area contributed by atoms with Gasteiger partial charge < -0.3 is 4.90 Å². The molecule has 0 unspecified atom stereocenters. The molecule has 0 radical (unpaired) electrons. The van der Waals surface area contributed by atoms with Crippen LogP contribution in [0.2, 0.25) is 0 Å². The van der Waals surface area contributed by atoms with E-state index in [1.165, 1.54) is 31.5 Å². The monoisotopic (exact) mass is 219 g/mol. The van der Waals surface area contributed by atoms with Crippen molar-refractivity contribution in [3.8, 4) is 0 Å². The van der Waals surface area contributed by atoms with Crippen LogP contribution in [-0.2, 0) is 0 Å². The van der Waals surface area contributed by atoms with Crippen LogP contribution in [0.25, 0.3) is 0 Å². The molecule has 5 nitrogen and oxygen atoms in total. The van der Waals surface area contributed by atoms with Crippen molar-refractivity contribution in [1.82, 2.24) is 4.98 Å². The van der Waals surface area contributed by atoms with E-state index in [1.54, 1.807) is 6.07 Å². The fourth-order valence-electron chi connectivity index (χ4n) is 2.86. The molecular formula is C11H13N3O2. The molecule has 2 heterocycles. The van der Waals surface area contributed by atoms with Gasteiger partial charge in [0.1, 0.15) is 12.0 Å². The Morgan fingerprint density at radius 1 is 1.44 bits per heavy atom. The second-order valence-corrected chi connectivity index (χ2v) is 4.62. The summed E-state index contributed by atoms with van der Waals surface area (Å²) < 4.78 is 0. The normalized spacial score (nSPS) is 27.4. The maximum atomic E-state index is 10.5. The first-order valence-corrected chi connectivity index (χ1v) is 5.61. The number of pyridine rings is 1. The van der Waals surface area contributed by atoms with Crippen LogP contribution in [0.15, 0.2) is 18.3 Å². The summed E-state index contributed by atoms with van der Waals surface area (Å²) in [7, 11) is 0. The SMILES string of the molecule is O=[N+]([O-])c1ccc(N2C[C@H]3CC[C@@H]2C3)nc1. The van der Waals surface area contributed by atoms with Gasteiger partial charge in [-0.3, -0.25) is 10.1 Å². The van der Waals surface area contributed by atoms with Crippen LogP contribution < -0.4 is 4.90 Å². The van der Waals surface area contributed by atoms with Gasteiger partial charge in [-0.25, -0.2) is 4.98 Å². The molecule has 1 saturated heterocycles. The van der Waals surface area contributed by atoms with E-state index in [1.807, 2.05) is 0 Å². The third-order valence-electron chi connectivity index (χ3n) is 3.65. The zero-order valence-corrected chi connectivity index (χ0v) is 8.87. The molecule has 0 N–H and O–H groups in total. The standard InChI is InChI=1S/C11H13N3O2/c15-14(16)10-3-4-11(12-6-10)13-7-8-1-2-9(13)5-8/h3-4,6,8-9H,1-2,5,7H2/t8-,9+/m0/s1. The predicted molar refractivity (Wildman–Crippen MR) is 59.4 cm³/mol. The lowest BCUT2D eigenvalue weighted by atomic mass is 10.1. The summed E-state index contributed by atoms with van der Waals surface area (Å²) in [5.41, 5.74) is 0.0631. The van der Waals surface area contributed by atoms with Crippen LogP contribution in [0, 0.1) is 16.0 Å². The molecule has 0 amide bonds. The molecule has 0 spiro atoms. The van der Waals surface area contributed by atoms with Gasteiger partial charge in [0.15, 0.2) is 0 Å². The molecule has 84 valence electrons. The largest absolute Gasteiger partial charge is 0.353 e. The molecule has 1 saturated carbocycles. The van der Waals surface area contributed by atoms with Crippen LogP contribution in [-0.4, -0.2) is 22.5 Å². The van der Waals surface area contributed by atoms with Crippen molar-refractivity contribution in [2.24, 2.45) is 5.92 Å². The number of nitro groups is 1. The fraction of sp³-hybridized carbons (Fsp3) is 0.545. The zero-order valence-electron chi connectivity index (χ0n) is 8.87. The number of hydrogen-bond donors (Lipinski definition) is 0. The minimum absolute atomic E-state index is 0.0631. The van der Waals surface area contributed by atoms with Crippen molar-refractivity contribution in [2.45, 2.75) is 25.3 Å². The van der Waals surface area contributed by atoms with E-state index in [0.29, 0.717) is 6.04 Å². The number of hydrogen-bond acceptors (Lipinski definition) is 4. The van der Waals surface area contributed by atoms with Crippen molar-refractivity contribution < 1.29 is 4.92 Å².